The fourth-order valence-corrected chi connectivity index (χ4v) is 4.48. The van der Waals surface area contributed by atoms with Crippen LogP contribution in [-0.4, -0.2) is 79.8 Å². The lowest BCUT2D eigenvalue weighted by Crippen LogP contribution is -2.50. The van der Waals surface area contributed by atoms with Crippen LogP contribution < -0.4 is 10.2 Å². The number of nitrogens with zero attached hydrogens (tertiary/aromatic N) is 6. The second-order valence-electron chi connectivity index (χ2n) is 9.44. The van der Waals surface area contributed by atoms with E-state index in [1.807, 2.05) is 26.0 Å². The summed E-state index contributed by atoms with van der Waals surface area (Å²) in [6, 6.07) is 10.00. The fourth-order valence-electron chi connectivity index (χ4n) is 4.48. The van der Waals surface area contributed by atoms with Crippen LogP contribution in [0.3, 0.4) is 0 Å². The molecule has 5 rings (SSSR count). The fraction of sp³-hybridized carbons (Fsp3) is 0.346. The van der Waals surface area contributed by atoms with Gasteiger partial charge in [0, 0.05) is 50.2 Å². The molecule has 0 bridgehead atoms. The van der Waals surface area contributed by atoms with Gasteiger partial charge < -0.3 is 20.3 Å². The standard InChI is InChI=1S/C26H29FN8O2/c1-16(2)29-21(36)15-34-10-12-35(13-11-34)26-19-4-3-9-28-22(19)24(37)23(31-26)25-30-20(32-33-25)14-17-5-7-18(27)8-6-17/h3-9,16,37H,10-15H2,1-2H3,(H,29,36)(H,30,32,33). The Morgan fingerprint density at radius 2 is 1.89 bits per heavy atom. The first-order valence-corrected chi connectivity index (χ1v) is 12.3. The van der Waals surface area contributed by atoms with Crippen molar-refractivity contribution in [2.45, 2.75) is 26.3 Å². The largest absolute Gasteiger partial charge is 0.504 e. The topological polar surface area (TPSA) is 123 Å². The van der Waals surface area contributed by atoms with E-state index >= 15 is 0 Å². The summed E-state index contributed by atoms with van der Waals surface area (Å²) in [7, 11) is 0. The molecular formula is C26H29FN8O2. The van der Waals surface area contributed by atoms with Gasteiger partial charge in [0.25, 0.3) is 0 Å². The van der Waals surface area contributed by atoms with Gasteiger partial charge in [-0.2, -0.15) is 0 Å². The summed E-state index contributed by atoms with van der Waals surface area (Å²) in [6.07, 6.45) is 2.06. The van der Waals surface area contributed by atoms with Gasteiger partial charge in [-0.25, -0.2) is 9.37 Å². The van der Waals surface area contributed by atoms with Crippen LogP contribution in [0.5, 0.6) is 5.75 Å². The van der Waals surface area contributed by atoms with E-state index in [4.69, 9.17) is 4.98 Å². The molecule has 4 aromatic rings. The molecule has 37 heavy (non-hydrogen) atoms. The highest BCUT2D eigenvalue weighted by atomic mass is 19.1. The summed E-state index contributed by atoms with van der Waals surface area (Å²) in [6.45, 7) is 7.00. The van der Waals surface area contributed by atoms with E-state index in [0.29, 0.717) is 62.1 Å². The van der Waals surface area contributed by atoms with Crippen molar-refractivity contribution in [2.75, 3.05) is 37.6 Å². The first-order chi connectivity index (χ1) is 17.9. The molecule has 192 valence electrons. The molecule has 10 nitrogen and oxygen atoms in total. The number of hydrogen-bond donors (Lipinski definition) is 3. The zero-order valence-corrected chi connectivity index (χ0v) is 20.8. The normalized spacial score (nSPS) is 14.4. The van der Waals surface area contributed by atoms with Crippen molar-refractivity contribution in [3.05, 3.63) is 59.8 Å². The number of anilines is 1. The van der Waals surface area contributed by atoms with Crippen LogP contribution in [0.25, 0.3) is 22.4 Å². The number of pyridine rings is 2. The van der Waals surface area contributed by atoms with Crippen molar-refractivity contribution >= 4 is 22.6 Å². The summed E-state index contributed by atoms with van der Waals surface area (Å²) in [5, 5.41) is 23.1. The zero-order chi connectivity index (χ0) is 25.9. The molecule has 11 heteroatoms. The maximum Gasteiger partial charge on any atom is 0.234 e. The monoisotopic (exact) mass is 504 g/mol. The third-order valence-corrected chi connectivity index (χ3v) is 6.25. The summed E-state index contributed by atoms with van der Waals surface area (Å²) in [4.78, 5) is 28.8. The smallest absolute Gasteiger partial charge is 0.234 e. The van der Waals surface area contributed by atoms with E-state index in [0.717, 1.165) is 10.9 Å². The molecule has 3 N–H and O–H groups in total. The molecule has 0 radical (unpaired) electrons. The first-order valence-electron chi connectivity index (χ1n) is 12.3. The molecule has 1 aliphatic rings. The Balaban J connectivity index is 1.39. The van der Waals surface area contributed by atoms with Crippen LogP contribution in [0, 0.1) is 5.82 Å². The van der Waals surface area contributed by atoms with Gasteiger partial charge in [-0.05, 0) is 43.7 Å². The van der Waals surface area contributed by atoms with E-state index in [2.05, 4.69) is 35.3 Å². The van der Waals surface area contributed by atoms with Gasteiger partial charge >= 0.3 is 0 Å². The van der Waals surface area contributed by atoms with Crippen LogP contribution in [0.15, 0.2) is 42.6 Å². The molecule has 1 aliphatic heterocycles. The van der Waals surface area contributed by atoms with Crippen molar-refractivity contribution in [2.24, 2.45) is 0 Å². The van der Waals surface area contributed by atoms with Gasteiger partial charge in [0.05, 0.1) is 6.54 Å². The number of H-pyrrole nitrogens is 1. The van der Waals surface area contributed by atoms with E-state index in [1.165, 1.54) is 12.1 Å². The number of aromatic amines is 1. The molecule has 0 atom stereocenters. The van der Waals surface area contributed by atoms with Crippen LogP contribution in [0.4, 0.5) is 10.2 Å². The number of aromatic hydroxyl groups is 1. The second-order valence-corrected chi connectivity index (χ2v) is 9.44. The summed E-state index contributed by atoms with van der Waals surface area (Å²) in [5.74, 6) is 1.23. The summed E-state index contributed by atoms with van der Waals surface area (Å²) >= 11 is 0. The molecule has 1 saturated heterocycles. The quantitative estimate of drug-likeness (QED) is 0.351. The number of halogens is 1. The average molecular weight is 505 g/mol. The number of hydrogen-bond acceptors (Lipinski definition) is 8. The van der Waals surface area contributed by atoms with Crippen molar-refractivity contribution in [3.8, 4) is 17.3 Å². The molecule has 3 aromatic heterocycles. The van der Waals surface area contributed by atoms with Crippen LogP contribution >= 0.6 is 0 Å². The Morgan fingerprint density at radius 1 is 1.14 bits per heavy atom. The van der Waals surface area contributed by atoms with Gasteiger partial charge in [0.1, 0.15) is 23.0 Å². The van der Waals surface area contributed by atoms with Crippen LogP contribution in [0.1, 0.15) is 25.2 Å². The molecule has 0 unspecified atom stereocenters. The highest BCUT2D eigenvalue weighted by molar-refractivity contribution is 5.97. The molecule has 1 aromatic carbocycles. The first kappa shape index (κ1) is 24.6. The highest BCUT2D eigenvalue weighted by Crippen LogP contribution is 2.36. The molecule has 1 amide bonds. The minimum Gasteiger partial charge on any atom is -0.504 e. The number of fused-ring (bicyclic) bond motifs is 1. The van der Waals surface area contributed by atoms with Gasteiger partial charge in [0.15, 0.2) is 17.3 Å². The lowest BCUT2D eigenvalue weighted by molar-refractivity contribution is -0.122. The molecule has 0 aliphatic carbocycles. The number of benzene rings is 1. The lowest BCUT2D eigenvalue weighted by Gasteiger charge is -2.35. The number of nitrogens with one attached hydrogen (secondary N) is 2. The molecule has 1 fully saturated rings. The molecule has 0 saturated carbocycles. The van der Waals surface area contributed by atoms with Crippen LogP contribution in [-0.2, 0) is 11.2 Å². The summed E-state index contributed by atoms with van der Waals surface area (Å²) < 4.78 is 13.2. The van der Waals surface area contributed by atoms with E-state index < -0.39 is 0 Å². The second kappa shape index (κ2) is 10.5. The Hall–Kier alpha value is -4.12. The number of aromatic nitrogens is 5. The lowest BCUT2D eigenvalue weighted by atomic mass is 10.1. The predicted molar refractivity (Wildman–Crippen MR) is 138 cm³/mol. The van der Waals surface area contributed by atoms with Gasteiger partial charge in [-0.3, -0.25) is 14.7 Å². The van der Waals surface area contributed by atoms with Gasteiger partial charge in [0.2, 0.25) is 5.91 Å². The number of piperazine rings is 1. The maximum atomic E-state index is 13.2. The minimum atomic E-state index is -0.299. The number of rotatable bonds is 7. The van der Waals surface area contributed by atoms with Crippen LogP contribution in [0.2, 0.25) is 0 Å². The zero-order valence-electron chi connectivity index (χ0n) is 20.8. The van der Waals surface area contributed by atoms with E-state index in [9.17, 15) is 14.3 Å². The minimum absolute atomic E-state index is 0.0184. The average Bonchev–Trinajstić information content (AvgIpc) is 3.34. The van der Waals surface area contributed by atoms with Crippen molar-refractivity contribution in [1.29, 1.82) is 0 Å². The SMILES string of the molecule is CC(C)NC(=O)CN1CCN(c2nc(-c3nnc(Cc4ccc(F)cc4)[nH]3)c(O)c3ncccc23)CC1. The Kier molecular flexibility index (Phi) is 6.95. The Labute approximate surface area is 213 Å². The molecule has 0 spiro atoms. The van der Waals surface area contributed by atoms with Crippen molar-refractivity contribution in [3.63, 3.8) is 0 Å². The van der Waals surface area contributed by atoms with E-state index in [-0.39, 0.29) is 29.2 Å². The van der Waals surface area contributed by atoms with Crippen molar-refractivity contribution in [1.82, 2.24) is 35.4 Å². The number of carbonyl (C=O) groups excluding carboxylic acids is 1. The predicted octanol–water partition coefficient (Wildman–Crippen LogP) is 2.50. The van der Waals surface area contributed by atoms with Crippen molar-refractivity contribution < 1.29 is 14.3 Å². The third-order valence-electron chi connectivity index (χ3n) is 6.25. The van der Waals surface area contributed by atoms with Gasteiger partial charge in [-0.15, -0.1) is 10.2 Å². The van der Waals surface area contributed by atoms with Gasteiger partial charge in [-0.1, -0.05) is 12.1 Å². The Bertz CT molecular complexity index is 1400. The maximum absolute atomic E-state index is 13.2. The highest BCUT2D eigenvalue weighted by Gasteiger charge is 2.25. The summed E-state index contributed by atoms with van der Waals surface area (Å²) in [5.41, 5.74) is 1.57. The van der Waals surface area contributed by atoms with E-state index in [1.54, 1.807) is 18.3 Å². The number of carbonyl (C=O) groups is 1. The molecular weight excluding hydrogens is 475 g/mol. The number of amides is 1. The Morgan fingerprint density at radius 3 is 2.62 bits per heavy atom. The third kappa shape index (κ3) is 5.51. The molecule has 4 heterocycles.